The van der Waals surface area contributed by atoms with Crippen LogP contribution in [0.25, 0.3) is 0 Å². The summed E-state index contributed by atoms with van der Waals surface area (Å²) in [5.41, 5.74) is 7.27. The van der Waals surface area contributed by atoms with Crippen molar-refractivity contribution in [2.75, 3.05) is 19.7 Å². The van der Waals surface area contributed by atoms with Gasteiger partial charge in [0.25, 0.3) is 0 Å². The molecule has 1 aliphatic heterocycles. The summed E-state index contributed by atoms with van der Waals surface area (Å²) in [4.78, 5) is 2.46. The number of nitrogens with zero attached hydrogens (tertiary/aromatic N) is 1. The average Bonchev–Trinajstić information content (AvgIpc) is 2.61. The maximum absolute atomic E-state index is 5.97. The molecular weight excluding hydrogens is 300 g/mol. The fourth-order valence-electron chi connectivity index (χ4n) is 2.97. The largest absolute Gasteiger partial charge is 0.490 e. The molecule has 2 aromatic carbocycles. The summed E-state index contributed by atoms with van der Waals surface area (Å²) < 4.78 is 11.6. The summed E-state index contributed by atoms with van der Waals surface area (Å²) in [7, 11) is 0. The molecule has 128 valence electrons. The first-order chi connectivity index (χ1) is 11.7. The van der Waals surface area contributed by atoms with Crippen LogP contribution in [0.3, 0.4) is 0 Å². The quantitative estimate of drug-likeness (QED) is 0.877. The summed E-state index contributed by atoms with van der Waals surface area (Å²) in [6, 6.07) is 16.4. The number of para-hydroxylation sites is 2. The molecular formula is C20H26N2O2. The molecule has 1 heterocycles. The van der Waals surface area contributed by atoms with E-state index in [1.165, 1.54) is 5.56 Å². The van der Waals surface area contributed by atoms with E-state index in [-0.39, 0.29) is 0 Å². The second-order valence-corrected chi connectivity index (χ2v) is 6.24. The average molecular weight is 326 g/mol. The van der Waals surface area contributed by atoms with Crippen molar-refractivity contribution in [1.29, 1.82) is 0 Å². The van der Waals surface area contributed by atoms with Crippen LogP contribution in [-0.4, -0.2) is 30.6 Å². The van der Waals surface area contributed by atoms with Crippen LogP contribution in [0.5, 0.6) is 17.2 Å². The zero-order valence-corrected chi connectivity index (χ0v) is 14.3. The summed E-state index contributed by atoms with van der Waals surface area (Å²) in [5, 5.41) is 0. The number of nitrogens with two attached hydrogens (primary N) is 1. The monoisotopic (exact) mass is 326 g/mol. The van der Waals surface area contributed by atoms with Gasteiger partial charge < -0.3 is 15.2 Å². The zero-order chi connectivity index (χ0) is 16.8. The van der Waals surface area contributed by atoms with Crippen molar-refractivity contribution < 1.29 is 9.47 Å². The fourth-order valence-corrected chi connectivity index (χ4v) is 2.97. The Bertz CT molecular complexity index is 634. The molecule has 2 aromatic rings. The van der Waals surface area contributed by atoms with Crippen molar-refractivity contribution in [2.45, 2.75) is 32.4 Å². The summed E-state index contributed by atoms with van der Waals surface area (Å²) in [5.74, 6) is 2.34. The third kappa shape index (κ3) is 4.49. The lowest BCUT2D eigenvalue weighted by Gasteiger charge is -2.30. The van der Waals surface area contributed by atoms with Crippen LogP contribution >= 0.6 is 0 Å². The Morgan fingerprint density at radius 2 is 1.67 bits per heavy atom. The first-order valence-corrected chi connectivity index (χ1v) is 8.71. The van der Waals surface area contributed by atoms with Gasteiger partial charge in [-0.3, -0.25) is 4.90 Å². The number of hydrogen-bond acceptors (Lipinski definition) is 4. The molecule has 1 saturated heterocycles. The highest BCUT2D eigenvalue weighted by molar-refractivity contribution is 5.43. The van der Waals surface area contributed by atoms with Crippen LogP contribution in [0.2, 0.25) is 0 Å². The summed E-state index contributed by atoms with van der Waals surface area (Å²) in [6.45, 7) is 5.74. The minimum atomic E-state index is 0.377. The maximum Gasteiger partial charge on any atom is 0.169 e. The molecule has 0 saturated carbocycles. The molecule has 24 heavy (non-hydrogen) atoms. The van der Waals surface area contributed by atoms with Gasteiger partial charge in [0.2, 0.25) is 0 Å². The Kier molecular flexibility index (Phi) is 5.72. The first kappa shape index (κ1) is 16.8. The zero-order valence-electron chi connectivity index (χ0n) is 14.3. The van der Waals surface area contributed by atoms with Crippen LogP contribution in [0.4, 0.5) is 0 Å². The van der Waals surface area contributed by atoms with Crippen molar-refractivity contribution in [1.82, 2.24) is 4.90 Å². The van der Waals surface area contributed by atoms with E-state index in [4.69, 9.17) is 15.2 Å². The second kappa shape index (κ2) is 8.18. The van der Waals surface area contributed by atoms with Gasteiger partial charge in [-0.05, 0) is 62.7 Å². The van der Waals surface area contributed by atoms with Crippen LogP contribution in [0, 0.1) is 0 Å². The lowest BCUT2D eigenvalue weighted by atomic mass is 10.1. The van der Waals surface area contributed by atoms with Crippen molar-refractivity contribution in [2.24, 2.45) is 5.73 Å². The molecule has 0 atom stereocenters. The number of benzene rings is 2. The molecule has 0 spiro atoms. The van der Waals surface area contributed by atoms with E-state index in [2.05, 4.69) is 17.0 Å². The van der Waals surface area contributed by atoms with Crippen molar-refractivity contribution >= 4 is 0 Å². The van der Waals surface area contributed by atoms with Crippen molar-refractivity contribution in [3.8, 4) is 17.2 Å². The van der Waals surface area contributed by atoms with Gasteiger partial charge in [0.1, 0.15) is 5.75 Å². The van der Waals surface area contributed by atoms with Crippen LogP contribution in [0.1, 0.15) is 25.3 Å². The van der Waals surface area contributed by atoms with Gasteiger partial charge in [-0.25, -0.2) is 0 Å². The Hall–Kier alpha value is -2.04. The van der Waals surface area contributed by atoms with Crippen LogP contribution in [-0.2, 0) is 6.54 Å². The van der Waals surface area contributed by atoms with E-state index in [1.807, 2.05) is 43.3 Å². The van der Waals surface area contributed by atoms with Crippen molar-refractivity contribution in [3.63, 3.8) is 0 Å². The Labute approximate surface area is 144 Å². The molecule has 0 amide bonds. The van der Waals surface area contributed by atoms with Crippen LogP contribution in [0.15, 0.2) is 48.5 Å². The van der Waals surface area contributed by atoms with Crippen LogP contribution < -0.4 is 15.2 Å². The van der Waals surface area contributed by atoms with E-state index in [9.17, 15) is 0 Å². The standard InChI is InChI=1S/C20H26N2O2/c1-2-23-19-5-3-4-6-20(19)24-18-9-7-16(8-10-18)15-22-13-11-17(21)12-14-22/h3-10,17H,2,11-15,21H2,1H3. The highest BCUT2D eigenvalue weighted by Gasteiger charge is 2.15. The van der Waals surface area contributed by atoms with Gasteiger partial charge in [-0.1, -0.05) is 24.3 Å². The number of hydrogen-bond donors (Lipinski definition) is 1. The molecule has 1 fully saturated rings. The molecule has 4 heteroatoms. The van der Waals surface area contributed by atoms with E-state index in [0.717, 1.165) is 49.7 Å². The Morgan fingerprint density at radius 3 is 2.33 bits per heavy atom. The highest BCUT2D eigenvalue weighted by Crippen LogP contribution is 2.31. The van der Waals surface area contributed by atoms with E-state index in [0.29, 0.717) is 12.6 Å². The summed E-state index contributed by atoms with van der Waals surface area (Å²) >= 11 is 0. The third-order valence-electron chi connectivity index (χ3n) is 4.34. The van der Waals surface area contributed by atoms with Gasteiger partial charge in [0.15, 0.2) is 11.5 Å². The van der Waals surface area contributed by atoms with Gasteiger partial charge in [0.05, 0.1) is 6.61 Å². The lowest BCUT2D eigenvalue weighted by molar-refractivity contribution is 0.205. The number of rotatable bonds is 6. The minimum Gasteiger partial charge on any atom is -0.490 e. The molecule has 2 N–H and O–H groups in total. The first-order valence-electron chi connectivity index (χ1n) is 8.71. The maximum atomic E-state index is 5.97. The van der Waals surface area contributed by atoms with Gasteiger partial charge in [0, 0.05) is 12.6 Å². The molecule has 3 rings (SSSR count). The molecule has 0 radical (unpaired) electrons. The molecule has 4 nitrogen and oxygen atoms in total. The highest BCUT2D eigenvalue weighted by atomic mass is 16.5. The van der Waals surface area contributed by atoms with Gasteiger partial charge in [-0.15, -0.1) is 0 Å². The molecule has 0 aliphatic carbocycles. The van der Waals surface area contributed by atoms with Crippen molar-refractivity contribution in [3.05, 3.63) is 54.1 Å². The normalized spacial score (nSPS) is 16.1. The Morgan fingerprint density at radius 1 is 1.00 bits per heavy atom. The molecule has 0 aromatic heterocycles. The number of ether oxygens (including phenoxy) is 2. The predicted molar refractivity (Wildman–Crippen MR) is 96.6 cm³/mol. The Balaban J connectivity index is 1.60. The number of piperidine rings is 1. The fraction of sp³-hybridized carbons (Fsp3) is 0.400. The second-order valence-electron chi connectivity index (χ2n) is 6.24. The third-order valence-corrected chi connectivity index (χ3v) is 4.34. The number of likely N-dealkylation sites (tertiary alicyclic amines) is 1. The molecule has 0 unspecified atom stereocenters. The minimum absolute atomic E-state index is 0.377. The van der Waals surface area contributed by atoms with E-state index < -0.39 is 0 Å². The van der Waals surface area contributed by atoms with E-state index >= 15 is 0 Å². The SMILES string of the molecule is CCOc1ccccc1Oc1ccc(CN2CCC(N)CC2)cc1. The predicted octanol–water partition coefficient (Wildman–Crippen LogP) is 3.80. The van der Waals surface area contributed by atoms with Gasteiger partial charge >= 0.3 is 0 Å². The molecule has 1 aliphatic rings. The summed E-state index contributed by atoms with van der Waals surface area (Å²) in [6.07, 6.45) is 2.19. The topological polar surface area (TPSA) is 47.7 Å². The molecule has 0 bridgehead atoms. The van der Waals surface area contributed by atoms with Gasteiger partial charge in [-0.2, -0.15) is 0 Å². The lowest BCUT2D eigenvalue weighted by Crippen LogP contribution is -2.39. The smallest absolute Gasteiger partial charge is 0.169 e. The van der Waals surface area contributed by atoms with E-state index in [1.54, 1.807) is 0 Å².